The number of halogens is 1. The minimum absolute atomic E-state index is 0.0805. The van der Waals surface area contributed by atoms with Gasteiger partial charge in [-0.25, -0.2) is 14.8 Å². The van der Waals surface area contributed by atoms with Crippen LogP contribution in [-0.2, 0) is 9.53 Å². The topological polar surface area (TPSA) is 95.9 Å². The quantitative estimate of drug-likeness (QED) is 0.437. The molecule has 0 spiro atoms. The minimum atomic E-state index is -0.902. The van der Waals surface area contributed by atoms with E-state index in [2.05, 4.69) is 32.6 Å². The maximum atomic E-state index is 11.6. The van der Waals surface area contributed by atoms with E-state index >= 15 is 0 Å². The Kier molecular flexibility index (Phi) is 5.97. The SMILES string of the molecule is COC(=O)CC(C)c1c(I)ncnc1N1CCN(C(=O)O)CC1. The van der Waals surface area contributed by atoms with Gasteiger partial charge >= 0.3 is 12.1 Å². The number of ether oxygens (including phenoxy) is 1. The molecule has 1 unspecified atom stereocenters. The van der Waals surface area contributed by atoms with Gasteiger partial charge in [-0.15, -0.1) is 0 Å². The number of carbonyl (C=O) groups excluding carboxylic acids is 1. The molecule has 1 saturated heterocycles. The molecule has 0 aromatic carbocycles. The van der Waals surface area contributed by atoms with Gasteiger partial charge in [-0.05, 0) is 28.5 Å². The van der Waals surface area contributed by atoms with Crippen molar-refractivity contribution in [3.8, 4) is 0 Å². The van der Waals surface area contributed by atoms with Crippen LogP contribution in [0.3, 0.4) is 0 Å². The average molecular weight is 434 g/mol. The lowest BCUT2D eigenvalue weighted by Gasteiger charge is -2.35. The predicted molar refractivity (Wildman–Crippen MR) is 91.6 cm³/mol. The van der Waals surface area contributed by atoms with Gasteiger partial charge in [0.1, 0.15) is 15.8 Å². The molecule has 1 fully saturated rings. The molecule has 0 saturated carbocycles. The number of aromatic nitrogens is 2. The molecule has 2 rings (SSSR count). The number of nitrogens with zero attached hydrogens (tertiary/aromatic N) is 4. The third-order valence-electron chi connectivity index (χ3n) is 3.86. The van der Waals surface area contributed by atoms with Crippen LogP contribution in [0.15, 0.2) is 6.33 Å². The number of piperazine rings is 1. The van der Waals surface area contributed by atoms with Crippen LogP contribution < -0.4 is 4.90 Å². The number of carboxylic acid groups (broad SMARTS) is 1. The molecule has 23 heavy (non-hydrogen) atoms. The Morgan fingerprint density at radius 3 is 2.57 bits per heavy atom. The largest absolute Gasteiger partial charge is 0.469 e. The Morgan fingerprint density at radius 1 is 1.35 bits per heavy atom. The van der Waals surface area contributed by atoms with E-state index in [4.69, 9.17) is 9.84 Å². The Balaban J connectivity index is 2.21. The first-order chi connectivity index (χ1) is 10.9. The van der Waals surface area contributed by atoms with Crippen molar-refractivity contribution in [3.05, 3.63) is 15.6 Å². The number of amides is 1. The summed E-state index contributed by atoms with van der Waals surface area (Å²) in [5.74, 6) is 0.410. The van der Waals surface area contributed by atoms with E-state index < -0.39 is 6.09 Å². The van der Waals surface area contributed by atoms with E-state index in [9.17, 15) is 9.59 Å². The molecule has 0 bridgehead atoms. The Hall–Kier alpha value is -1.65. The molecular weight excluding hydrogens is 415 g/mol. The van der Waals surface area contributed by atoms with E-state index in [1.54, 1.807) is 0 Å². The lowest BCUT2D eigenvalue weighted by Crippen LogP contribution is -2.49. The van der Waals surface area contributed by atoms with E-state index in [0.717, 1.165) is 15.1 Å². The lowest BCUT2D eigenvalue weighted by molar-refractivity contribution is -0.140. The van der Waals surface area contributed by atoms with Crippen molar-refractivity contribution in [1.82, 2.24) is 14.9 Å². The Morgan fingerprint density at radius 2 is 2.00 bits per heavy atom. The number of methoxy groups -OCH3 is 1. The van der Waals surface area contributed by atoms with Crippen LogP contribution in [0.25, 0.3) is 0 Å². The Bertz CT molecular complexity index is 590. The summed E-state index contributed by atoms with van der Waals surface area (Å²) < 4.78 is 5.54. The van der Waals surface area contributed by atoms with Gasteiger partial charge < -0.3 is 19.6 Å². The lowest BCUT2D eigenvalue weighted by atomic mass is 9.99. The maximum absolute atomic E-state index is 11.6. The summed E-state index contributed by atoms with van der Waals surface area (Å²) in [5.41, 5.74) is 0.905. The number of hydrogen-bond acceptors (Lipinski definition) is 6. The molecule has 0 radical (unpaired) electrons. The fraction of sp³-hybridized carbons (Fsp3) is 0.571. The summed E-state index contributed by atoms with van der Waals surface area (Å²) in [6.07, 6.45) is 0.845. The second kappa shape index (κ2) is 7.75. The van der Waals surface area contributed by atoms with E-state index in [-0.39, 0.29) is 18.3 Å². The van der Waals surface area contributed by atoms with Gasteiger partial charge in [0.2, 0.25) is 0 Å². The zero-order chi connectivity index (χ0) is 17.0. The third-order valence-corrected chi connectivity index (χ3v) is 4.72. The van der Waals surface area contributed by atoms with Crippen molar-refractivity contribution < 1.29 is 19.4 Å². The number of hydrogen-bond donors (Lipinski definition) is 1. The zero-order valence-corrected chi connectivity index (χ0v) is 15.2. The molecule has 1 aliphatic rings. The minimum Gasteiger partial charge on any atom is -0.469 e. The summed E-state index contributed by atoms with van der Waals surface area (Å²) in [6, 6.07) is 0. The highest BCUT2D eigenvalue weighted by molar-refractivity contribution is 14.1. The van der Waals surface area contributed by atoms with Gasteiger partial charge in [-0.2, -0.15) is 0 Å². The van der Waals surface area contributed by atoms with Crippen molar-refractivity contribution in [2.24, 2.45) is 0 Å². The van der Waals surface area contributed by atoms with Crippen LogP contribution in [0, 0.1) is 3.70 Å². The maximum Gasteiger partial charge on any atom is 0.407 e. The predicted octanol–water partition coefficient (Wildman–Crippen LogP) is 1.55. The molecular formula is C14H19IN4O4. The van der Waals surface area contributed by atoms with Crippen molar-refractivity contribution in [2.45, 2.75) is 19.3 Å². The third kappa shape index (κ3) is 4.21. The van der Waals surface area contributed by atoms with E-state index in [1.165, 1.54) is 18.3 Å². The second-order valence-electron chi connectivity index (χ2n) is 5.34. The Labute approximate surface area is 148 Å². The fourth-order valence-electron chi connectivity index (χ4n) is 2.59. The molecule has 9 heteroatoms. The van der Waals surface area contributed by atoms with Crippen LogP contribution in [0.5, 0.6) is 0 Å². The van der Waals surface area contributed by atoms with Crippen LogP contribution in [-0.4, -0.2) is 65.3 Å². The number of anilines is 1. The highest BCUT2D eigenvalue weighted by atomic mass is 127. The van der Waals surface area contributed by atoms with Gasteiger partial charge in [0.25, 0.3) is 0 Å². The summed E-state index contributed by atoms with van der Waals surface area (Å²) in [6.45, 7) is 3.94. The normalized spacial score (nSPS) is 16.1. The smallest absolute Gasteiger partial charge is 0.407 e. The molecule has 126 valence electrons. The first kappa shape index (κ1) is 17.7. The molecule has 0 aliphatic carbocycles. The van der Waals surface area contributed by atoms with Gasteiger partial charge in [0.05, 0.1) is 13.5 Å². The standard InChI is InChI=1S/C14H19IN4O4/c1-9(7-10(20)23-2)11-12(15)16-8-17-13(11)18-3-5-19(6-4-18)14(21)22/h8-9H,3-7H2,1-2H3,(H,21,22). The van der Waals surface area contributed by atoms with Gasteiger partial charge in [0, 0.05) is 31.7 Å². The van der Waals surface area contributed by atoms with Crippen molar-refractivity contribution in [1.29, 1.82) is 0 Å². The molecule has 8 nitrogen and oxygen atoms in total. The van der Waals surface area contributed by atoms with Crippen LogP contribution in [0.2, 0.25) is 0 Å². The van der Waals surface area contributed by atoms with Gasteiger partial charge in [-0.3, -0.25) is 4.79 Å². The van der Waals surface area contributed by atoms with E-state index in [0.29, 0.717) is 26.2 Å². The monoisotopic (exact) mass is 434 g/mol. The fourth-order valence-corrected chi connectivity index (χ4v) is 3.48. The number of carbonyl (C=O) groups is 2. The summed E-state index contributed by atoms with van der Waals surface area (Å²) in [5, 5.41) is 9.04. The van der Waals surface area contributed by atoms with Crippen molar-refractivity contribution >= 4 is 40.5 Å². The van der Waals surface area contributed by atoms with Crippen molar-refractivity contribution in [2.75, 3.05) is 38.2 Å². The van der Waals surface area contributed by atoms with Crippen LogP contribution in [0.1, 0.15) is 24.8 Å². The molecule has 1 atom stereocenters. The van der Waals surface area contributed by atoms with Crippen molar-refractivity contribution in [3.63, 3.8) is 0 Å². The highest BCUT2D eigenvalue weighted by Crippen LogP contribution is 2.31. The molecule has 2 heterocycles. The molecule has 1 aromatic rings. The summed E-state index contributed by atoms with van der Waals surface area (Å²) in [4.78, 5) is 34.6. The zero-order valence-electron chi connectivity index (χ0n) is 13.0. The molecule has 1 aliphatic heterocycles. The molecule has 1 amide bonds. The first-order valence-electron chi connectivity index (χ1n) is 7.24. The first-order valence-corrected chi connectivity index (χ1v) is 8.32. The van der Waals surface area contributed by atoms with Crippen LogP contribution >= 0.6 is 22.6 Å². The molecule has 1 aromatic heterocycles. The second-order valence-corrected chi connectivity index (χ2v) is 6.36. The number of esters is 1. The van der Waals surface area contributed by atoms with Gasteiger partial charge in [0.15, 0.2) is 0 Å². The van der Waals surface area contributed by atoms with Gasteiger partial charge in [-0.1, -0.05) is 6.92 Å². The summed E-state index contributed by atoms with van der Waals surface area (Å²) >= 11 is 2.14. The molecule has 1 N–H and O–H groups in total. The number of rotatable bonds is 4. The highest BCUT2D eigenvalue weighted by Gasteiger charge is 2.26. The summed E-state index contributed by atoms with van der Waals surface area (Å²) in [7, 11) is 1.37. The van der Waals surface area contributed by atoms with Crippen LogP contribution in [0.4, 0.5) is 10.6 Å². The average Bonchev–Trinajstić information content (AvgIpc) is 2.54. The van der Waals surface area contributed by atoms with E-state index in [1.807, 2.05) is 11.8 Å².